The van der Waals surface area contributed by atoms with Crippen LogP contribution in [0.3, 0.4) is 0 Å². The third-order valence-electron chi connectivity index (χ3n) is 6.13. The predicted octanol–water partition coefficient (Wildman–Crippen LogP) is 8.60. The summed E-state index contributed by atoms with van der Waals surface area (Å²) in [4.78, 5) is 12.7. The van der Waals surface area contributed by atoms with E-state index >= 15 is 0 Å². The molecule has 0 aliphatic heterocycles. The molecule has 203 valence electrons. The topological polar surface area (TPSA) is 51.8 Å². The second kappa shape index (κ2) is 12.8. The van der Waals surface area contributed by atoms with Crippen LogP contribution in [-0.4, -0.2) is 15.0 Å². The minimum absolute atomic E-state index is 0. The van der Waals surface area contributed by atoms with Gasteiger partial charge in [0.2, 0.25) is 5.71 Å². The number of fused-ring (bicyclic) bond motifs is 3. The second-order valence-electron chi connectivity index (χ2n) is 8.88. The van der Waals surface area contributed by atoms with Crippen LogP contribution in [0.1, 0.15) is 33.4 Å². The van der Waals surface area contributed by atoms with E-state index in [2.05, 4.69) is 27.1 Å². The molecule has 4 nitrogen and oxygen atoms in total. The minimum Gasteiger partial charge on any atom is -0.486 e. The van der Waals surface area contributed by atoms with E-state index in [1.807, 2.05) is 30.3 Å². The summed E-state index contributed by atoms with van der Waals surface area (Å²) in [5.74, 6) is 0. The van der Waals surface area contributed by atoms with Crippen molar-refractivity contribution >= 4 is 22.1 Å². The van der Waals surface area contributed by atoms with E-state index in [1.165, 1.54) is 12.3 Å². The first-order valence-corrected chi connectivity index (χ1v) is 12.5. The molecule has 0 bridgehead atoms. The molecule has 3 aromatic carbocycles. The summed E-state index contributed by atoms with van der Waals surface area (Å²) in [6.45, 7) is -4.42. The Morgan fingerprint density at radius 2 is 1.68 bits per heavy atom. The van der Waals surface area contributed by atoms with Crippen LogP contribution >= 0.6 is 0 Å². The number of aryl methyl sites for hydroxylation is 2. The Hall–Kier alpha value is -4.44. The SMILES string of the molecule is [2H]C([2H])([2H])c1ccc(-c2[c-]cccc2)nc1.[2H]C([2H])([2H])c1ccc2c(n1)oc1c(-c3cc(C([2H])([2H])c4ccccc4)ccn3)[c-]ccc12.[Ir]. The van der Waals surface area contributed by atoms with Crippen molar-refractivity contribution in [1.29, 1.82) is 0 Å². The Balaban J connectivity index is 0.000000233. The Morgan fingerprint density at radius 1 is 0.780 bits per heavy atom. The molecule has 1 radical (unpaired) electrons. The zero-order valence-electron chi connectivity index (χ0n) is 29.6. The molecule has 0 aliphatic rings. The largest absolute Gasteiger partial charge is 0.486 e. The number of hydrogen-bond donors (Lipinski definition) is 0. The fourth-order valence-electron chi connectivity index (χ4n) is 4.25. The van der Waals surface area contributed by atoms with Crippen LogP contribution < -0.4 is 0 Å². The van der Waals surface area contributed by atoms with E-state index in [4.69, 9.17) is 15.4 Å². The average Bonchev–Trinajstić information content (AvgIpc) is 3.47. The van der Waals surface area contributed by atoms with Crippen LogP contribution in [0.2, 0.25) is 0 Å². The number of nitrogens with zero attached hydrogens (tertiary/aromatic N) is 3. The van der Waals surface area contributed by atoms with Crippen LogP contribution in [0.4, 0.5) is 0 Å². The fourth-order valence-corrected chi connectivity index (χ4v) is 4.25. The molecule has 0 N–H and O–H groups in total. The van der Waals surface area contributed by atoms with Crippen molar-refractivity contribution in [2.75, 3.05) is 0 Å². The van der Waals surface area contributed by atoms with Crippen LogP contribution in [0.5, 0.6) is 0 Å². The van der Waals surface area contributed by atoms with Crippen molar-refractivity contribution in [2.24, 2.45) is 0 Å². The molecule has 0 amide bonds. The van der Waals surface area contributed by atoms with Gasteiger partial charge in [0.05, 0.1) is 5.58 Å². The maximum absolute atomic E-state index is 8.64. The van der Waals surface area contributed by atoms with Crippen molar-refractivity contribution in [3.63, 3.8) is 0 Å². The van der Waals surface area contributed by atoms with Crippen molar-refractivity contribution in [3.8, 4) is 22.5 Å². The van der Waals surface area contributed by atoms with Gasteiger partial charge in [0.15, 0.2) is 0 Å². The summed E-state index contributed by atoms with van der Waals surface area (Å²) in [6, 6.07) is 35.9. The second-order valence-corrected chi connectivity index (χ2v) is 8.88. The average molecular weight is 718 g/mol. The van der Waals surface area contributed by atoms with Gasteiger partial charge in [0.25, 0.3) is 0 Å². The van der Waals surface area contributed by atoms with Gasteiger partial charge in [-0.25, -0.2) is 4.98 Å². The molecule has 41 heavy (non-hydrogen) atoms. The summed E-state index contributed by atoms with van der Waals surface area (Å²) in [5.41, 5.74) is 4.58. The molecule has 4 heterocycles. The van der Waals surface area contributed by atoms with Crippen LogP contribution in [0.15, 0.2) is 120 Å². The first-order chi connectivity index (χ1) is 22.8. The van der Waals surface area contributed by atoms with Gasteiger partial charge in [-0.2, -0.15) is 0 Å². The zero-order valence-corrected chi connectivity index (χ0v) is 23.9. The zero-order chi connectivity index (χ0) is 34.1. The molecule has 0 aliphatic carbocycles. The quantitative estimate of drug-likeness (QED) is 0.171. The number of pyridine rings is 3. The third kappa shape index (κ3) is 6.49. The van der Waals surface area contributed by atoms with Gasteiger partial charge < -0.3 is 14.4 Å². The first-order valence-electron chi connectivity index (χ1n) is 16.5. The smallest absolute Gasteiger partial charge is 0.216 e. The number of rotatable bonds is 4. The van der Waals surface area contributed by atoms with Crippen LogP contribution in [-0.2, 0) is 26.5 Å². The maximum atomic E-state index is 8.64. The van der Waals surface area contributed by atoms with Gasteiger partial charge in [-0.3, -0.25) is 0 Å². The van der Waals surface area contributed by atoms with E-state index in [1.54, 1.807) is 72.9 Å². The number of benzene rings is 3. The number of furan rings is 1. The summed E-state index contributed by atoms with van der Waals surface area (Å²) in [5, 5.41) is 1.45. The fraction of sp³-hybridized carbons (Fsp3) is 0.0833. The van der Waals surface area contributed by atoms with E-state index in [0.29, 0.717) is 33.4 Å². The van der Waals surface area contributed by atoms with Gasteiger partial charge in [-0.05, 0) is 66.4 Å². The Kier molecular flexibility index (Phi) is 6.13. The van der Waals surface area contributed by atoms with Crippen LogP contribution in [0, 0.1) is 25.8 Å². The van der Waals surface area contributed by atoms with Gasteiger partial charge in [0, 0.05) is 54.5 Å². The van der Waals surface area contributed by atoms with Crippen molar-refractivity contribution in [1.82, 2.24) is 15.0 Å². The molecule has 0 saturated heterocycles. The van der Waals surface area contributed by atoms with E-state index in [-0.39, 0.29) is 37.1 Å². The number of hydrogen-bond acceptors (Lipinski definition) is 4. The Labute approximate surface area is 264 Å². The van der Waals surface area contributed by atoms with Gasteiger partial charge in [-0.1, -0.05) is 59.5 Å². The van der Waals surface area contributed by atoms with Crippen molar-refractivity contribution in [3.05, 3.63) is 150 Å². The van der Waals surface area contributed by atoms with Gasteiger partial charge in [-0.15, -0.1) is 54.1 Å². The maximum Gasteiger partial charge on any atom is 0.216 e. The molecule has 5 heteroatoms. The summed E-state index contributed by atoms with van der Waals surface area (Å²) < 4.78 is 67.7. The van der Waals surface area contributed by atoms with Crippen LogP contribution in [0.25, 0.3) is 44.6 Å². The van der Waals surface area contributed by atoms with E-state index < -0.39 is 20.1 Å². The molecule has 7 aromatic rings. The van der Waals surface area contributed by atoms with E-state index in [0.717, 1.165) is 16.6 Å². The summed E-state index contributed by atoms with van der Waals surface area (Å²) in [6.07, 6.45) is 1.24. The minimum atomic E-state index is -2.33. The van der Waals surface area contributed by atoms with E-state index in [9.17, 15) is 0 Å². The normalized spacial score (nSPS) is 14.4. The third-order valence-corrected chi connectivity index (χ3v) is 6.13. The molecule has 7 rings (SSSR count). The monoisotopic (exact) mass is 718 g/mol. The number of aromatic nitrogens is 3. The standard InChI is InChI=1S/C24H17N2O.C12H10N.Ir/c1-16-10-11-20-19-8-5-9-21(23(19)27-24(20)26-16)22-15-18(12-13-25-22)14-17-6-3-2-4-7-17;1-10-7-8-12(13-9-10)11-5-3-2-4-6-11;/h2-8,10-13,15H,14H2,1H3;2-5,7-9H,1H3;/q2*-1;/i1D3,14D2;1D3;. The van der Waals surface area contributed by atoms with Crippen molar-refractivity contribution in [2.45, 2.75) is 20.1 Å². The summed E-state index contributed by atoms with van der Waals surface area (Å²) >= 11 is 0. The molecular formula is C36H27IrN3O-2. The Morgan fingerprint density at radius 3 is 2.46 bits per heavy atom. The first kappa shape index (κ1) is 19.6. The molecule has 0 atom stereocenters. The van der Waals surface area contributed by atoms with Crippen molar-refractivity contribution < 1.29 is 35.5 Å². The summed E-state index contributed by atoms with van der Waals surface area (Å²) in [7, 11) is 0. The molecule has 0 fully saturated rings. The molecule has 0 unspecified atom stereocenters. The Bertz CT molecular complexity index is 2190. The van der Waals surface area contributed by atoms with Gasteiger partial charge in [0.1, 0.15) is 0 Å². The van der Waals surface area contributed by atoms with Gasteiger partial charge >= 0.3 is 0 Å². The molecule has 4 aromatic heterocycles. The predicted molar refractivity (Wildman–Crippen MR) is 161 cm³/mol. The molecular weight excluding hydrogens is 683 g/mol. The molecule has 0 spiro atoms. The molecule has 0 saturated carbocycles.